The van der Waals surface area contributed by atoms with E-state index in [0.29, 0.717) is 5.69 Å². The third kappa shape index (κ3) is 3.82. The molecule has 0 fully saturated rings. The molecule has 1 heterocycles. The normalized spacial score (nSPS) is 11.5. The number of aromatic nitrogens is 1. The highest BCUT2D eigenvalue weighted by atomic mass is 79.9. The molecule has 2 rings (SSSR count). The van der Waals surface area contributed by atoms with E-state index in [-0.39, 0.29) is 17.1 Å². The van der Waals surface area contributed by atoms with Crippen molar-refractivity contribution in [3.05, 3.63) is 51.8 Å². The zero-order chi connectivity index (χ0) is 17.2. The van der Waals surface area contributed by atoms with Crippen LogP contribution in [-0.4, -0.2) is 26.1 Å². The highest BCUT2D eigenvalue weighted by molar-refractivity contribution is 9.10. The molecule has 124 valence electrons. The summed E-state index contributed by atoms with van der Waals surface area (Å²) in [4.78, 5) is 11.7. The Balaban J connectivity index is 2.26. The van der Waals surface area contributed by atoms with Crippen LogP contribution in [-0.2, 0) is 28.4 Å². The van der Waals surface area contributed by atoms with Crippen LogP contribution in [0.1, 0.15) is 21.7 Å². The minimum Gasteiger partial charge on any atom is -0.464 e. The zero-order valence-corrected chi connectivity index (χ0v) is 15.4. The van der Waals surface area contributed by atoms with E-state index in [0.717, 1.165) is 10.0 Å². The van der Waals surface area contributed by atoms with Crippen molar-refractivity contribution in [2.24, 2.45) is 7.05 Å². The van der Waals surface area contributed by atoms with Gasteiger partial charge in [-0.15, -0.1) is 0 Å². The van der Waals surface area contributed by atoms with Crippen molar-refractivity contribution < 1.29 is 17.9 Å². The lowest BCUT2D eigenvalue weighted by Crippen LogP contribution is -2.23. The first kappa shape index (κ1) is 17.7. The second-order valence-corrected chi connectivity index (χ2v) is 7.63. The summed E-state index contributed by atoms with van der Waals surface area (Å²) in [5, 5.41) is 0. The molecule has 1 aromatic carbocycles. The van der Waals surface area contributed by atoms with Crippen molar-refractivity contribution in [2.75, 3.05) is 7.11 Å². The fourth-order valence-electron chi connectivity index (χ4n) is 2.10. The Bertz CT molecular complexity index is 826. The summed E-state index contributed by atoms with van der Waals surface area (Å²) in [5.41, 5.74) is 1.49. The van der Waals surface area contributed by atoms with Gasteiger partial charge < -0.3 is 9.30 Å². The number of hydrogen-bond acceptors (Lipinski definition) is 4. The van der Waals surface area contributed by atoms with E-state index in [9.17, 15) is 13.2 Å². The van der Waals surface area contributed by atoms with Gasteiger partial charge in [-0.05, 0) is 30.7 Å². The van der Waals surface area contributed by atoms with Crippen molar-refractivity contribution in [1.82, 2.24) is 9.29 Å². The number of methoxy groups -OCH3 is 1. The number of nitrogens with zero attached hydrogens (tertiary/aromatic N) is 1. The van der Waals surface area contributed by atoms with Gasteiger partial charge >= 0.3 is 5.97 Å². The second kappa shape index (κ2) is 6.86. The summed E-state index contributed by atoms with van der Waals surface area (Å²) >= 11 is 3.33. The Morgan fingerprint density at radius 1 is 1.30 bits per heavy atom. The predicted octanol–water partition coefficient (Wildman–Crippen LogP) is 2.36. The average Bonchev–Trinajstić information content (AvgIpc) is 2.83. The van der Waals surface area contributed by atoms with Gasteiger partial charge in [0.2, 0.25) is 10.0 Å². The van der Waals surface area contributed by atoms with Crippen LogP contribution < -0.4 is 4.72 Å². The lowest BCUT2D eigenvalue weighted by molar-refractivity contribution is 0.0589. The Morgan fingerprint density at radius 2 is 1.91 bits per heavy atom. The average molecular weight is 401 g/mol. The molecular weight excluding hydrogens is 384 g/mol. The number of esters is 1. The fraction of sp³-hybridized carbons (Fsp3) is 0.267. The number of hydrogen-bond donors (Lipinski definition) is 1. The minimum atomic E-state index is -3.73. The molecule has 0 atom stereocenters. The fourth-order valence-corrected chi connectivity index (χ4v) is 3.67. The maximum Gasteiger partial charge on any atom is 0.354 e. The predicted molar refractivity (Wildman–Crippen MR) is 89.7 cm³/mol. The highest BCUT2D eigenvalue weighted by Crippen LogP contribution is 2.20. The van der Waals surface area contributed by atoms with Crippen molar-refractivity contribution in [3.8, 4) is 0 Å². The molecule has 0 saturated heterocycles. The first-order valence-corrected chi connectivity index (χ1v) is 9.02. The molecule has 0 unspecified atom stereocenters. The first-order valence-electron chi connectivity index (χ1n) is 6.75. The van der Waals surface area contributed by atoms with Gasteiger partial charge in [0.05, 0.1) is 7.11 Å². The summed E-state index contributed by atoms with van der Waals surface area (Å²) in [5.74, 6) is -0.579. The highest BCUT2D eigenvalue weighted by Gasteiger charge is 2.24. The van der Waals surface area contributed by atoms with E-state index in [1.165, 1.54) is 17.7 Å². The van der Waals surface area contributed by atoms with Crippen LogP contribution >= 0.6 is 15.9 Å². The smallest absolute Gasteiger partial charge is 0.354 e. The summed E-state index contributed by atoms with van der Waals surface area (Å²) < 4.78 is 34.6. The molecule has 1 N–H and O–H groups in total. The van der Waals surface area contributed by atoms with Gasteiger partial charge in [0, 0.05) is 23.8 Å². The Hall–Kier alpha value is -1.64. The molecular formula is C15H17BrN2O4S. The van der Waals surface area contributed by atoms with E-state index >= 15 is 0 Å². The topological polar surface area (TPSA) is 77.4 Å². The molecule has 23 heavy (non-hydrogen) atoms. The van der Waals surface area contributed by atoms with Crippen LogP contribution in [0.3, 0.4) is 0 Å². The molecule has 0 bridgehead atoms. The summed E-state index contributed by atoms with van der Waals surface area (Å²) in [7, 11) is -0.858. The van der Waals surface area contributed by atoms with E-state index in [2.05, 4.69) is 25.4 Å². The van der Waals surface area contributed by atoms with Crippen LogP contribution in [0.25, 0.3) is 0 Å². The van der Waals surface area contributed by atoms with Gasteiger partial charge in [-0.3, -0.25) is 0 Å². The Morgan fingerprint density at radius 3 is 2.48 bits per heavy atom. The lowest BCUT2D eigenvalue weighted by Gasteiger charge is -2.07. The van der Waals surface area contributed by atoms with E-state index in [4.69, 9.17) is 0 Å². The number of carbonyl (C=O) groups is 1. The zero-order valence-electron chi connectivity index (χ0n) is 13.0. The molecule has 0 aliphatic carbocycles. The molecule has 0 amide bonds. The molecule has 0 spiro atoms. The number of benzene rings is 1. The number of nitrogens with one attached hydrogen (secondary N) is 1. The van der Waals surface area contributed by atoms with Crippen molar-refractivity contribution >= 4 is 31.9 Å². The third-order valence-electron chi connectivity index (χ3n) is 3.55. The lowest BCUT2D eigenvalue weighted by atomic mass is 10.2. The quantitative estimate of drug-likeness (QED) is 0.781. The van der Waals surface area contributed by atoms with Crippen LogP contribution in [0.4, 0.5) is 0 Å². The molecule has 0 aliphatic rings. The minimum absolute atomic E-state index is 0.0671. The molecule has 0 saturated carbocycles. The van der Waals surface area contributed by atoms with Gasteiger partial charge in [0.15, 0.2) is 0 Å². The SMILES string of the molecule is COC(=O)c1cc(S(=O)(=O)NCc2ccc(Br)cc2)c(C)n1C. The molecule has 1 aromatic heterocycles. The number of ether oxygens (including phenoxy) is 1. The second-order valence-electron chi connectivity index (χ2n) is 4.98. The van der Waals surface area contributed by atoms with Crippen molar-refractivity contribution in [3.63, 3.8) is 0 Å². The molecule has 0 aliphatic heterocycles. The molecule has 0 radical (unpaired) electrons. The van der Waals surface area contributed by atoms with Crippen molar-refractivity contribution in [2.45, 2.75) is 18.4 Å². The maximum absolute atomic E-state index is 12.5. The summed E-state index contributed by atoms with van der Waals surface area (Å²) in [6.07, 6.45) is 0. The first-order chi connectivity index (χ1) is 10.8. The van der Waals surface area contributed by atoms with Crippen LogP contribution in [0.5, 0.6) is 0 Å². The van der Waals surface area contributed by atoms with Gasteiger partial charge in [0.25, 0.3) is 0 Å². The van der Waals surface area contributed by atoms with E-state index < -0.39 is 16.0 Å². The monoisotopic (exact) mass is 400 g/mol. The van der Waals surface area contributed by atoms with E-state index in [1.54, 1.807) is 14.0 Å². The number of halogens is 1. The third-order valence-corrected chi connectivity index (χ3v) is 5.60. The van der Waals surface area contributed by atoms with Gasteiger partial charge in [-0.1, -0.05) is 28.1 Å². The van der Waals surface area contributed by atoms with Gasteiger partial charge in [0.1, 0.15) is 10.6 Å². The maximum atomic E-state index is 12.5. The van der Waals surface area contributed by atoms with Crippen LogP contribution in [0, 0.1) is 6.92 Å². The molecule has 2 aromatic rings. The number of rotatable bonds is 5. The van der Waals surface area contributed by atoms with Gasteiger partial charge in [-0.2, -0.15) is 0 Å². The van der Waals surface area contributed by atoms with E-state index in [1.807, 2.05) is 24.3 Å². The Kier molecular flexibility index (Phi) is 5.28. The van der Waals surface area contributed by atoms with Crippen molar-refractivity contribution in [1.29, 1.82) is 0 Å². The van der Waals surface area contributed by atoms with Crippen LogP contribution in [0.15, 0.2) is 39.7 Å². The Labute approximate surface area is 143 Å². The number of sulfonamides is 1. The molecule has 6 nitrogen and oxygen atoms in total. The van der Waals surface area contributed by atoms with Crippen LogP contribution in [0.2, 0.25) is 0 Å². The summed E-state index contributed by atoms with van der Waals surface area (Å²) in [6.45, 7) is 1.80. The largest absolute Gasteiger partial charge is 0.464 e. The number of carbonyl (C=O) groups excluding carboxylic acids is 1. The van der Waals surface area contributed by atoms with Gasteiger partial charge in [-0.25, -0.2) is 17.9 Å². The molecule has 8 heteroatoms. The standard InChI is InChI=1S/C15H17BrN2O4S/c1-10-14(8-13(18(10)2)15(19)22-3)23(20,21)17-9-11-4-6-12(16)7-5-11/h4-8,17H,9H2,1-3H3. The summed E-state index contributed by atoms with van der Waals surface area (Å²) in [6, 6.07) is 8.65.